The van der Waals surface area contributed by atoms with Gasteiger partial charge in [-0.25, -0.2) is 0 Å². The van der Waals surface area contributed by atoms with Gasteiger partial charge in [0.05, 0.1) is 6.10 Å². The Bertz CT molecular complexity index is 415. The molecule has 1 rings (SSSR count). The molecule has 0 spiro atoms. The number of hydrogen-bond acceptors (Lipinski definition) is 3. The second-order valence-electron chi connectivity index (χ2n) is 8.39. The minimum atomic E-state index is -0.548. The molecule has 2 amide bonds. The van der Waals surface area contributed by atoms with Crippen molar-refractivity contribution in [2.45, 2.75) is 85.3 Å². The Kier molecular flexibility index (Phi) is 8.20. The third-order valence-electron chi connectivity index (χ3n) is 5.12. The molecule has 1 aliphatic rings. The van der Waals surface area contributed by atoms with E-state index in [0.717, 1.165) is 12.8 Å². The molecule has 2 unspecified atom stereocenters. The summed E-state index contributed by atoms with van der Waals surface area (Å²) in [5.74, 6) is 0.362. The van der Waals surface area contributed by atoms with Crippen molar-refractivity contribution in [2.24, 2.45) is 17.3 Å². The van der Waals surface area contributed by atoms with Crippen LogP contribution in [0, 0.1) is 17.3 Å². The first-order valence-corrected chi connectivity index (χ1v) is 9.38. The quantitative estimate of drug-likeness (QED) is 0.635. The maximum absolute atomic E-state index is 12.2. The van der Waals surface area contributed by atoms with Crippen molar-refractivity contribution in [3.8, 4) is 0 Å². The van der Waals surface area contributed by atoms with E-state index in [4.69, 9.17) is 0 Å². The lowest BCUT2D eigenvalue weighted by Gasteiger charge is -2.33. The third-order valence-corrected chi connectivity index (χ3v) is 5.12. The molecule has 5 nitrogen and oxygen atoms in total. The molecule has 24 heavy (non-hydrogen) atoms. The minimum Gasteiger partial charge on any atom is -0.392 e. The standard InChI is InChI=1S/C19H36N2O3/c1-13(2)17(23)19(4,5)12-20-18(24)14(3)21-16(22)11-15-9-7-6-8-10-15/h13-15,17,23H,6-12H2,1-5H3,(H,20,24)(H,21,22). The molecule has 0 saturated heterocycles. The zero-order chi connectivity index (χ0) is 18.3. The predicted molar refractivity (Wildman–Crippen MR) is 96.4 cm³/mol. The van der Waals surface area contributed by atoms with Crippen LogP contribution < -0.4 is 10.6 Å². The van der Waals surface area contributed by atoms with E-state index >= 15 is 0 Å². The summed E-state index contributed by atoms with van der Waals surface area (Å²) in [4.78, 5) is 24.3. The van der Waals surface area contributed by atoms with Crippen LogP contribution in [0.1, 0.15) is 73.1 Å². The van der Waals surface area contributed by atoms with Crippen LogP contribution in [-0.4, -0.2) is 35.6 Å². The fourth-order valence-electron chi connectivity index (χ4n) is 3.49. The first-order valence-electron chi connectivity index (χ1n) is 9.38. The Morgan fingerprint density at radius 3 is 2.25 bits per heavy atom. The van der Waals surface area contributed by atoms with Gasteiger partial charge >= 0.3 is 0 Å². The molecule has 1 saturated carbocycles. The second kappa shape index (κ2) is 9.40. The zero-order valence-corrected chi connectivity index (χ0v) is 16.0. The molecular formula is C19H36N2O3. The van der Waals surface area contributed by atoms with E-state index in [0.29, 0.717) is 18.9 Å². The maximum atomic E-state index is 12.2. The molecule has 140 valence electrons. The number of carbonyl (C=O) groups excluding carboxylic acids is 2. The summed E-state index contributed by atoms with van der Waals surface area (Å²) >= 11 is 0. The van der Waals surface area contributed by atoms with E-state index in [-0.39, 0.29) is 17.7 Å². The zero-order valence-electron chi connectivity index (χ0n) is 16.0. The molecule has 0 aromatic heterocycles. The SMILES string of the molecule is CC(NC(=O)CC1CCCCC1)C(=O)NCC(C)(C)C(O)C(C)C. The highest BCUT2D eigenvalue weighted by Crippen LogP contribution is 2.26. The number of nitrogens with one attached hydrogen (secondary N) is 2. The molecule has 5 heteroatoms. The number of hydrogen-bond donors (Lipinski definition) is 3. The smallest absolute Gasteiger partial charge is 0.242 e. The molecule has 1 aliphatic carbocycles. The monoisotopic (exact) mass is 340 g/mol. The molecule has 0 aromatic carbocycles. The highest BCUT2D eigenvalue weighted by molar-refractivity contribution is 5.87. The lowest BCUT2D eigenvalue weighted by atomic mass is 9.80. The van der Waals surface area contributed by atoms with Crippen LogP contribution in [0.5, 0.6) is 0 Å². The summed E-state index contributed by atoms with van der Waals surface area (Å²) in [5.41, 5.74) is -0.407. The molecule has 0 aromatic rings. The Balaban J connectivity index is 2.37. The van der Waals surface area contributed by atoms with Crippen LogP contribution in [0.25, 0.3) is 0 Å². The summed E-state index contributed by atoms with van der Waals surface area (Å²) in [5, 5.41) is 15.9. The van der Waals surface area contributed by atoms with Crippen molar-refractivity contribution < 1.29 is 14.7 Å². The van der Waals surface area contributed by atoms with Gasteiger partial charge in [0.25, 0.3) is 0 Å². The van der Waals surface area contributed by atoms with Gasteiger partial charge in [0.1, 0.15) is 6.04 Å². The van der Waals surface area contributed by atoms with Gasteiger partial charge in [0, 0.05) is 18.4 Å². The van der Waals surface area contributed by atoms with E-state index < -0.39 is 17.6 Å². The molecule has 3 N–H and O–H groups in total. The van der Waals surface area contributed by atoms with Crippen molar-refractivity contribution in [2.75, 3.05) is 6.54 Å². The summed E-state index contributed by atoms with van der Waals surface area (Å²) < 4.78 is 0. The van der Waals surface area contributed by atoms with Crippen LogP contribution in [0.2, 0.25) is 0 Å². The van der Waals surface area contributed by atoms with Gasteiger partial charge in [-0.3, -0.25) is 9.59 Å². The number of aliphatic hydroxyl groups is 1. The molecular weight excluding hydrogens is 304 g/mol. The van der Waals surface area contributed by atoms with E-state index in [1.807, 2.05) is 27.7 Å². The average molecular weight is 341 g/mol. The van der Waals surface area contributed by atoms with Crippen LogP contribution in [-0.2, 0) is 9.59 Å². The van der Waals surface area contributed by atoms with Gasteiger partial charge in [-0.05, 0) is 31.6 Å². The minimum absolute atomic E-state index is 0.0361. The molecule has 1 fully saturated rings. The van der Waals surface area contributed by atoms with Crippen molar-refractivity contribution in [3.05, 3.63) is 0 Å². The van der Waals surface area contributed by atoms with Crippen molar-refractivity contribution >= 4 is 11.8 Å². The lowest BCUT2D eigenvalue weighted by molar-refractivity contribution is -0.129. The number of aliphatic hydroxyl groups excluding tert-OH is 1. The fourth-order valence-corrected chi connectivity index (χ4v) is 3.49. The summed E-state index contributed by atoms with van der Waals surface area (Å²) in [6.45, 7) is 9.88. The van der Waals surface area contributed by atoms with Crippen LogP contribution in [0.4, 0.5) is 0 Å². The highest BCUT2D eigenvalue weighted by atomic mass is 16.3. The molecule has 0 bridgehead atoms. The number of rotatable bonds is 8. The number of carbonyl (C=O) groups is 2. The maximum Gasteiger partial charge on any atom is 0.242 e. The van der Waals surface area contributed by atoms with E-state index in [9.17, 15) is 14.7 Å². The Hall–Kier alpha value is -1.10. The Morgan fingerprint density at radius 2 is 1.71 bits per heavy atom. The van der Waals surface area contributed by atoms with Crippen LogP contribution in [0.15, 0.2) is 0 Å². The predicted octanol–water partition coefficient (Wildman–Crippen LogP) is 2.62. The third kappa shape index (κ3) is 6.80. The summed E-state index contributed by atoms with van der Waals surface area (Å²) in [6.07, 6.45) is 5.96. The van der Waals surface area contributed by atoms with Crippen molar-refractivity contribution in [1.29, 1.82) is 0 Å². The Labute approximate surface area is 147 Å². The molecule has 0 radical (unpaired) electrons. The largest absolute Gasteiger partial charge is 0.392 e. The molecule has 2 atom stereocenters. The van der Waals surface area contributed by atoms with Crippen LogP contribution >= 0.6 is 0 Å². The first-order chi connectivity index (χ1) is 11.1. The lowest BCUT2D eigenvalue weighted by Crippen LogP contribution is -2.49. The highest BCUT2D eigenvalue weighted by Gasteiger charge is 2.31. The summed E-state index contributed by atoms with van der Waals surface area (Å²) in [7, 11) is 0. The fraction of sp³-hybridized carbons (Fsp3) is 0.895. The topological polar surface area (TPSA) is 78.4 Å². The van der Waals surface area contributed by atoms with Gasteiger partial charge in [0.2, 0.25) is 11.8 Å². The van der Waals surface area contributed by atoms with Gasteiger partial charge in [0.15, 0.2) is 0 Å². The van der Waals surface area contributed by atoms with Gasteiger partial charge in [-0.1, -0.05) is 47.0 Å². The van der Waals surface area contributed by atoms with Gasteiger partial charge < -0.3 is 15.7 Å². The van der Waals surface area contributed by atoms with Gasteiger partial charge in [-0.15, -0.1) is 0 Å². The van der Waals surface area contributed by atoms with E-state index in [1.165, 1.54) is 19.3 Å². The molecule has 0 heterocycles. The Morgan fingerprint density at radius 1 is 1.12 bits per heavy atom. The van der Waals surface area contributed by atoms with Crippen LogP contribution in [0.3, 0.4) is 0 Å². The summed E-state index contributed by atoms with van der Waals surface area (Å²) in [6, 6.07) is -0.548. The average Bonchev–Trinajstić information content (AvgIpc) is 2.52. The van der Waals surface area contributed by atoms with E-state index in [2.05, 4.69) is 10.6 Å². The first kappa shape index (κ1) is 20.9. The van der Waals surface area contributed by atoms with Crippen molar-refractivity contribution in [1.82, 2.24) is 10.6 Å². The van der Waals surface area contributed by atoms with Gasteiger partial charge in [-0.2, -0.15) is 0 Å². The second-order valence-corrected chi connectivity index (χ2v) is 8.39. The molecule has 0 aliphatic heterocycles. The van der Waals surface area contributed by atoms with E-state index in [1.54, 1.807) is 6.92 Å². The number of amides is 2. The van der Waals surface area contributed by atoms with Crippen molar-refractivity contribution in [3.63, 3.8) is 0 Å². The normalized spacial score (nSPS) is 19.0.